The average molecular weight is 361 g/mol. The second kappa shape index (κ2) is 8.84. The van der Waals surface area contributed by atoms with Gasteiger partial charge in [0.1, 0.15) is 5.75 Å². The number of aliphatic hydroxyl groups excluding tert-OH is 1. The molecular weight excluding hydrogens is 330 g/mol. The molecule has 1 aromatic rings. The van der Waals surface area contributed by atoms with Crippen molar-refractivity contribution in [2.45, 2.75) is 12.8 Å². The third kappa shape index (κ3) is 4.96. The molecule has 6 heteroatoms. The lowest BCUT2D eigenvalue weighted by atomic mass is 9.96. The predicted octanol–water partition coefficient (Wildman–Crippen LogP) is 0.639. The van der Waals surface area contributed by atoms with Gasteiger partial charge in [0.05, 0.1) is 6.42 Å². The van der Waals surface area contributed by atoms with E-state index in [1.807, 2.05) is 11.0 Å². The third-order valence-electron chi connectivity index (χ3n) is 5.73. The van der Waals surface area contributed by atoms with Gasteiger partial charge in [0.25, 0.3) is 0 Å². The zero-order valence-electron chi connectivity index (χ0n) is 15.7. The zero-order valence-corrected chi connectivity index (χ0v) is 15.7. The molecule has 0 radical (unpaired) electrons. The minimum atomic E-state index is 0.0761. The molecule has 0 bridgehead atoms. The fourth-order valence-corrected chi connectivity index (χ4v) is 4.12. The summed E-state index contributed by atoms with van der Waals surface area (Å²) >= 11 is 0. The fraction of sp³-hybridized carbons (Fsp3) is 0.650. The normalized spacial score (nSPS) is 25.4. The van der Waals surface area contributed by atoms with E-state index in [1.54, 1.807) is 18.2 Å². The van der Waals surface area contributed by atoms with Gasteiger partial charge in [-0.15, -0.1) is 0 Å². The fourth-order valence-electron chi connectivity index (χ4n) is 4.12. The topological polar surface area (TPSA) is 67.2 Å². The molecule has 2 fully saturated rings. The molecule has 2 aliphatic heterocycles. The van der Waals surface area contributed by atoms with Crippen LogP contribution >= 0.6 is 0 Å². The molecule has 2 heterocycles. The number of carbonyl (C=O) groups is 1. The Morgan fingerprint density at radius 2 is 1.96 bits per heavy atom. The first-order valence-electron chi connectivity index (χ1n) is 9.62. The highest BCUT2D eigenvalue weighted by Crippen LogP contribution is 2.25. The second-order valence-electron chi connectivity index (χ2n) is 7.81. The van der Waals surface area contributed by atoms with Gasteiger partial charge in [0, 0.05) is 45.2 Å². The molecule has 3 rings (SSSR count). The molecule has 2 saturated heterocycles. The lowest BCUT2D eigenvalue weighted by molar-refractivity contribution is -0.129. The number of aliphatic hydroxyl groups is 1. The van der Waals surface area contributed by atoms with Crippen molar-refractivity contribution in [3.63, 3.8) is 0 Å². The van der Waals surface area contributed by atoms with Crippen molar-refractivity contribution in [3.05, 3.63) is 29.8 Å². The van der Waals surface area contributed by atoms with Crippen molar-refractivity contribution in [1.82, 2.24) is 14.7 Å². The molecule has 6 nitrogen and oxygen atoms in total. The molecule has 144 valence electrons. The molecule has 2 aliphatic rings. The van der Waals surface area contributed by atoms with Gasteiger partial charge in [-0.25, -0.2) is 0 Å². The van der Waals surface area contributed by atoms with Crippen LogP contribution in [0.25, 0.3) is 0 Å². The highest BCUT2D eigenvalue weighted by molar-refractivity contribution is 5.79. The van der Waals surface area contributed by atoms with Crippen LogP contribution in [-0.4, -0.2) is 90.3 Å². The van der Waals surface area contributed by atoms with Gasteiger partial charge in [0.15, 0.2) is 0 Å². The van der Waals surface area contributed by atoms with Gasteiger partial charge in [-0.3, -0.25) is 4.79 Å². The van der Waals surface area contributed by atoms with E-state index in [-0.39, 0.29) is 24.2 Å². The van der Waals surface area contributed by atoms with E-state index < -0.39 is 0 Å². The number of hydrogen-bond acceptors (Lipinski definition) is 5. The summed E-state index contributed by atoms with van der Waals surface area (Å²) < 4.78 is 0. The van der Waals surface area contributed by atoms with Gasteiger partial charge >= 0.3 is 0 Å². The molecule has 2 N–H and O–H groups in total. The van der Waals surface area contributed by atoms with Gasteiger partial charge in [-0.1, -0.05) is 12.1 Å². The minimum absolute atomic E-state index is 0.0761. The van der Waals surface area contributed by atoms with Gasteiger partial charge in [0.2, 0.25) is 5.91 Å². The van der Waals surface area contributed by atoms with Crippen LogP contribution in [0.3, 0.4) is 0 Å². The Labute approximate surface area is 156 Å². The number of likely N-dealkylation sites (N-methyl/N-ethyl adjacent to an activating group) is 1. The van der Waals surface area contributed by atoms with Crippen molar-refractivity contribution in [2.24, 2.45) is 11.8 Å². The van der Waals surface area contributed by atoms with Crippen LogP contribution in [0.4, 0.5) is 0 Å². The van der Waals surface area contributed by atoms with Crippen molar-refractivity contribution >= 4 is 5.91 Å². The zero-order chi connectivity index (χ0) is 18.5. The van der Waals surface area contributed by atoms with Gasteiger partial charge in [-0.2, -0.15) is 0 Å². The Morgan fingerprint density at radius 3 is 2.73 bits per heavy atom. The third-order valence-corrected chi connectivity index (χ3v) is 5.73. The Bertz CT molecular complexity index is 610. The average Bonchev–Trinajstić information content (AvgIpc) is 2.91. The van der Waals surface area contributed by atoms with E-state index in [1.165, 1.54) is 6.42 Å². The maximum absolute atomic E-state index is 12.7. The molecule has 0 spiro atoms. The number of aromatic hydroxyl groups is 1. The molecule has 1 amide bonds. The lowest BCUT2D eigenvalue weighted by Crippen LogP contribution is -2.36. The van der Waals surface area contributed by atoms with Crippen LogP contribution in [0, 0.1) is 11.8 Å². The largest absolute Gasteiger partial charge is 0.508 e. The summed E-state index contributed by atoms with van der Waals surface area (Å²) in [5.41, 5.74) is 0.828. The highest BCUT2D eigenvalue weighted by atomic mass is 16.3. The van der Waals surface area contributed by atoms with E-state index in [9.17, 15) is 15.0 Å². The molecule has 1 aromatic carbocycles. The number of carbonyl (C=O) groups excluding carboxylic acids is 1. The summed E-state index contributed by atoms with van der Waals surface area (Å²) in [5.74, 6) is 0.752. The number of amides is 1. The summed E-state index contributed by atoms with van der Waals surface area (Å²) in [7, 11) is 2.16. The number of likely N-dealkylation sites (tertiary alicyclic amines) is 1. The van der Waals surface area contributed by atoms with Crippen LogP contribution in [0.15, 0.2) is 24.3 Å². The van der Waals surface area contributed by atoms with E-state index in [4.69, 9.17) is 0 Å². The minimum Gasteiger partial charge on any atom is -0.508 e. The molecule has 2 atom stereocenters. The SMILES string of the molecule is CN1CCCN(C[C@@H]2CN(C(=O)Cc3cccc(O)c3)C[C@@H]2CO)CC1. The summed E-state index contributed by atoms with van der Waals surface area (Å²) in [6.07, 6.45) is 1.47. The smallest absolute Gasteiger partial charge is 0.227 e. The summed E-state index contributed by atoms with van der Waals surface area (Å²) in [6, 6.07) is 6.88. The van der Waals surface area contributed by atoms with Crippen molar-refractivity contribution in [1.29, 1.82) is 0 Å². The number of nitrogens with zero attached hydrogens (tertiary/aromatic N) is 3. The van der Waals surface area contributed by atoms with Crippen molar-refractivity contribution < 1.29 is 15.0 Å². The van der Waals surface area contributed by atoms with Gasteiger partial charge in [-0.05, 0) is 50.2 Å². The maximum Gasteiger partial charge on any atom is 0.227 e. The van der Waals surface area contributed by atoms with E-state index in [0.29, 0.717) is 18.9 Å². The van der Waals surface area contributed by atoms with Crippen LogP contribution in [-0.2, 0) is 11.2 Å². The van der Waals surface area contributed by atoms with E-state index in [2.05, 4.69) is 16.8 Å². The molecule has 0 aromatic heterocycles. The Kier molecular flexibility index (Phi) is 6.51. The first-order chi connectivity index (χ1) is 12.5. The number of phenols is 1. The second-order valence-corrected chi connectivity index (χ2v) is 7.81. The van der Waals surface area contributed by atoms with Crippen LogP contribution < -0.4 is 0 Å². The molecule has 0 unspecified atom stereocenters. The quantitative estimate of drug-likeness (QED) is 0.806. The molecular formula is C20H31N3O3. The number of rotatable bonds is 5. The maximum atomic E-state index is 12.7. The van der Waals surface area contributed by atoms with Crippen LogP contribution in [0.5, 0.6) is 5.75 Å². The number of phenolic OH excluding ortho intramolecular Hbond substituents is 1. The monoisotopic (exact) mass is 361 g/mol. The Hall–Kier alpha value is -1.63. The first-order valence-corrected chi connectivity index (χ1v) is 9.62. The standard InChI is InChI=1S/C20H31N3O3/c1-21-6-3-7-22(9-8-21)12-17-13-23(14-18(17)15-24)20(26)11-16-4-2-5-19(25)10-16/h2,4-5,10,17-18,24-25H,3,6-9,11-15H2,1H3/t17-,18-/m1/s1. The highest BCUT2D eigenvalue weighted by Gasteiger charge is 2.35. The van der Waals surface area contributed by atoms with Gasteiger partial charge < -0.3 is 24.9 Å². The van der Waals surface area contributed by atoms with Crippen LogP contribution in [0.1, 0.15) is 12.0 Å². The predicted molar refractivity (Wildman–Crippen MR) is 101 cm³/mol. The summed E-state index contributed by atoms with van der Waals surface area (Å²) in [6.45, 7) is 6.81. The van der Waals surface area contributed by atoms with E-state index in [0.717, 1.165) is 44.8 Å². The molecule has 0 aliphatic carbocycles. The first kappa shape index (κ1) is 19.1. The lowest BCUT2D eigenvalue weighted by Gasteiger charge is -2.26. The van der Waals surface area contributed by atoms with E-state index >= 15 is 0 Å². The van der Waals surface area contributed by atoms with Crippen LogP contribution in [0.2, 0.25) is 0 Å². The Balaban J connectivity index is 1.56. The number of hydrogen-bond donors (Lipinski definition) is 2. The van der Waals surface area contributed by atoms with Crippen molar-refractivity contribution in [3.8, 4) is 5.75 Å². The van der Waals surface area contributed by atoms with Crippen molar-refractivity contribution in [2.75, 3.05) is 59.5 Å². The summed E-state index contributed by atoms with van der Waals surface area (Å²) in [5, 5.41) is 19.4. The Morgan fingerprint density at radius 1 is 1.15 bits per heavy atom. The number of benzene rings is 1. The molecule has 0 saturated carbocycles. The summed E-state index contributed by atoms with van der Waals surface area (Å²) in [4.78, 5) is 19.4. The molecule has 26 heavy (non-hydrogen) atoms.